The number of aryl methyl sites for hydroxylation is 1. The fourth-order valence-electron chi connectivity index (χ4n) is 1.58. The summed E-state index contributed by atoms with van der Waals surface area (Å²) in [4.78, 5) is 14.0. The van der Waals surface area contributed by atoms with Crippen molar-refractivity contribution in [2.45, 2.75) is 33.2 Å². The van der Waals surface area contributed by atoms with Crippen molar-refractivity contribution in [2.24, 2.45) is 0 Å². The van der Waals surface area contributed by atoms with E-state index in [1.807, 2.05) is 26.1 Å². The van der Waals surface area contributed by atoms with Crippen LogP contribution in [0.25, 0.3) is 0 Å². The quantitative estimate of drug-likeness (QED) is 0.787. The van der Waals surface area contributed by atoms with Gasteiger partial charge in [-0.3, -0.25) is 4.79 Å². The number of hydrogen-bond acceptors (Lipinski definition) is 3. The molecule has 4 heteroatoms. The highest BCUT2D eigenvalue weighted by atomic mass is 16.1. The summed E-state index contributed by atoms with van der Waals surface area (Å²) in [5.41, 5.74) is 8.20. The minimum absolute atomic E-state index is 0.0374. The fraction of sp³-hybridized carbons (Fsp3) is 0.500. The van der Waals surface area contributed by atoms with Gasteiger partial charge in [-0.05, 0) is 51.6 Å². The molecule has 0 aliphatic rings. The summed E-state index contributed by atoms with van der Waals surface area (Å²) < 4.78 is 0. The first-order valence-electron chi connectivity index (χ1n) is 6.26. The second-order valence-corrected chi connectivity index (χ2v) is 4.95. The van der Waals surface area contributed by atoms with Crippen LogP contribution in [0.3, 0.4) is 0 Å². The van der Waals surface area contributed by atoms with Crippen LogP contribution >= 0.6 is 0 Å². The average molecular weight is 249 g/mol. The Hall–Kier alpha value is -1.55. The second kappa shape index (κ2) is 6.40. The zero-order valence-electron chi connectivity index (χ0n) is 11.7. The van der Waals surface area contributed by atoms with Gasteiger partial charge in [0.2, 0.25) is 5.91 Å². The summed E-state index contributed by atoms with van der Waals surface area (Å²) in [6.07, 6.45) is 0.499. The minimum Gasteiger partial charge on any atom is -0.399 e. The van der Waals surface area contributed by atoms with Crippen LogP contribution in [0.5, 0.6) is 0 Å². The van der Waals surface area contributed by atoms with Crippen LogP contribution in [0.15, 0.2) is 18.2 Å². The predicted molar refractivity (Wildman–Crippen MR) is 76.6 cm³/mol. The van der Waals surface area contributed by atoms with Gasteiger partial charge in [-0.2, -0.15) is 0 Å². The Labute approximate surface area is 109 Å². The van der Waals surface area contributed by atoms with Gasteiger partial charge in [0.25, 0.3) is 0 Å². The first-order chi connectivity index (χ1) is 8.40. The zero-order chi connectivity index (χ0) is 13.7. The highest BCUT2D eigenvalue weighted by Crippen LogP contribution is 2.17. The van der Waals surface area contributed by atoms with Crippen molar-refractivity contribution in [1.29, 1.82) is 0 Å². The van der Waals surface area contributed by atoms with Gasteiger partial charge in [0.1, 0.15) is 0 Å². The largest absolute Gasteiger partial charge is 0.399 e. The molecular weight excluding hydrogens is 226 g/mol. The van der Waals surface area contributed by atoms with Gasteiger partial charge in [0.15, 0.2) is 0 Å². The van der Waals surface area contributed by atoms with Crippen molar-refractivity contribution >= 4 is 17.3 Å². The van der Waals surface area contributed by atoms with Gasteiger partial charge in [-0.1, -0.05) is 0 Å². The fourth-order valence-corrected chi connectivity index (χ4v) is 1.58. The van der Waals surface area contributed by atoms with Crippen LogP contribution in [0, 0.1) is 6.92 Å². The first-order valence-corrected chi connectivity index (χ1v) is 6.26. The number of carbonyl (C=O) groups is 1. The van der Waals surface area contributed by atoms with Gasteiger partial charge in [0.05, 0.1) is 0 Å². The molecule has 4 nitrogen and oxygen atoms in total. The maximum absolute atomic E-state index is 11.8. The van der Waals surface area contributed by atoms with E-state index in [1.54, 1.807) is 6.07 Å². The summed E-state index contributed by atoms with van der Waals surface area (Å²) in [6, 6.07) is 5.95. The summed E-state index contributed by atoms with van der Waals surface area (Å²) in [5, 5.41) is 2.91. The van der Waals surface area contributed by atoms with Gasteiger partial charge in [-0.15, -0.1) is 0 Å². The SMILES string of the molecule is Cc1cc(N)ccc1NC(=O)CCN(C)C(C)C. The topological polar surface area (TPSA) is 58.4 Å². The molecule has 1 rings (SSSR count). The third-order valence-corrected chi connectivity index (χ3v) is 3.10. The molecule has 1 aromatic rings. The number of nitrogen functional groups attached to an aromatic ring is 1. The van der Waals surface area contributed by atoms with Crippen LogP contribution in [-0.4, -0.2) is 30.4 Å². The number of benzene rings is 1. The number of rotatable bonds is 5. The van der Waals surface area contributed by atoms with E-state index in [9.17, 15) is 4.79 Å². The van der Waals surface area contributed by atoms with Crippen molar-refractivity contribution in [2.75, 3.05) is 24.6 Å². The molecule has 0 heterocycles. The molecule has 0 unspecified atom stereocenters. The Morgan fingerprint density at radius 2 is 2.11 bits per heavy atom. The number of carbonyl (C=O) groups excluding carboxylic acids is 1. The number of hydrogen-bond donors (Lipinski definition) is 2. The maximum atomic E-state index is 11.8. The number of nitrogens with zero attached hydrogens (tertiary/aromatic N) is 1. The van der Waals surface area contributed by atoms with Crippen LogP contribution in [-0.2, 0) is 4.79 Å². The molecule has 0 atom stereocenters. The molecule has 18 heavy (non-hydrogen) atoms. The summed E-state index contributed by atoms with van der Waals surface area (Å²) >= 11 is 0. The maximum Gasteiger partial charge on any atom is 0.225 e. The highest BCUT2D eigenvalue weighted by Gasteiger charge is 2.08. The molecule has 0 aromatic heterocycles. The molecule has 0 aliphatic heterocycles. The summed E-state index contributed by atoms with van der Waals surface area (Å²) in [5.74, 6) is 0.0374. The van der Waals surface area contributed by atoms with E-state index in [0.29, 0.717) is 18.2 Å². The molecule has 0 spiro atoms. The number of nitrogens with one attached hydrogen (secondary N) is 1. The average Bonchev–Trinajstić information content (AvgIpc) is 2.29. The van der Waals surface area contributed by atoms with Crippen LogP contribution < -0.4 is 11.1 Å². The third-order valence-electron chi connectivity index (χ3n) is 3.10. The van der Waals surface area contributed by atoms with Crippen LogP contribution in [0.2, 0.25) is 0 Å². The van der Waals surface area contributed by atoms with E-state index in [2.05, 4.69) is 24.1 Å². The molecule has 0 bridgehead atoms. The number of anilines is 2. The summed E-state index contributed by atoms with van der Waals surface area (Å²) in [7, 11) is 2.02. The molecule has 3 N–H and O–H groups in total. The normalized spacial score (nSPS) is 11.0. The second-order valence-electron chi connectivity index (χ2n) is 4.95. The predicted octanol–water partition coefficient (Wildman–Crippen LogP) is 2.25. The van der Waals surface area contributed by atoms with Crippen molar-refractivity contribution in [3.8, 4) is 0 Å². The van der Waals surface area contributed by atoms with Gasteiger partial charge in [0, 0.05) is 30.4 Å². The zero-order valence-corrected chi connectivity index (χ0v) is 11.7. The van der Waals surface area contributed by atoms with Crippen molar-refractivity contribution < 1.29 is 4.79 Å². The van der Waals surface area contributed by atoms with Crippen LogP contribution in [0.4, 0.5) is 11.4 Å². The van der Waals surface area contributed by atoms with Crippen molar-refractivity contribution in [3.05, 3.63) is 23.8 Å². The Kier molecular flexibility index (Phi) is 5.16. The van der Waals surface area contributed by atoms with Crippen molar-refractivity contribution in [1.82, 2.24) is 4.90 Å². The Morgan fingerprint density at radius 3 is 2.67 bits per heavy atom. The third kappa shape index (κ3) is 4.37. The molecule has 1 amide bonds. The Balaban J connectivity index is 2.50. The standard InChI is InChI=1S/C14H23N3O/c1-10(2)17(4)8-7-14(18)16-13-6-5-12(15)9-11(13)3/h5-6,9-10H,7-8,15H2,1-4H3,(H,16,18). The molecular formula is C14H23N3O. The number of amides is 1. The van der Waals surface area contributed by atoms with E-state index in [1.165, 1.54) is 0 Å². The molecule has 0 saturated heterocycles. The van der Waals surface area contributed by atoms with Crippen molar-refractivity contribution in [3.63, 3.8) is 0 Å². The van der Waals surface area contributed by atoms with Gasteiger partial charge >= 0.3 is 0 Å². The van der Waals surface area contributed by atoms with E-state index in [4.69, 9.17) is 5.73 Å². The lowest BCUT2D eigenvalue weighted by atomic mass is 10.1. The van der Waals surface area contributed by atoms with Gasteiger partial charge in [-0.25, -0.2) is 0 Å². The first kappa shape index (κ1) is 14.5. The smallest absolute Gasteiger partial charge is 0.225 e. The Morgan fingerprint density at radius 1 is 1.44 bits per heavy atom. The van der Waals surface area contributed by atoms with E-state index in [0.717, 1.165) is 17.8 Å². The van der Waals surface area contributed by atoms with Crippen LogP contribution in [0.1, 0.15) is 25.8 Å². The Bertz CT molecular complexity index is 416. The molecule has 0 radical (unpaired) electrons. The summed E-state index contributed by atoms with van der Waals surface area (Å²) in [6.45, 7) is 6.92. The lowest BCUT2D eigenvalue weighted by Crippen LogP contribution is -2.30. The monoisotopic (exact) mass is 249 g/mol. The van der Waals surface area contributed by atoms with E-state index < -0.39 is 0 Å². The molecule has 0 fully saturated rings. The minimum atomic E-state index is 0.0374. The molecule has 100 valence electrons. The molecule has 1 aromatic carbocycles. The van der Waals surface area contributed by atoms with E-state index >= 15 is 0 Å². The lowest BCUT2D eigenvalue weighted by molar-refractivity contribution is -0.116. The lowest BCUT2D eigenvalue weighted by Gasteiger charge is -2.20. The van der Waals surface area contributed by atoms with E-state index in [-0.39, 0.29) is 5.91 Å². The molecule has 0 aliphatic carbocycles. The number of nitrogens with two attached hydrogens (primary N) is 1. The van der Waals surface area contributed by atoms with Gasteiger partial charge < -0.3 is 16.0 Å². The molecule has 0 saturated carbocycles. The highest BCUT2D eigenvalue weighted by molar-refractivity contribution is 5.91.